The molecular formula is C34H18N2S. The van der Waals surface area contributed by atoms with Gasteiger partial charge in [-0.2, -0.15) is 0 Å². The first-order valence-electron chi connectivity index (χ1n) is 12.7. The molecule has 5 heterocycles. The highest BCUT2D eigenvalue weighted by molar-refractivity contribution is 7.18. The molecule has 37 heavy (non-hydrogen) atoms. The summed E-state index contributed by atoms with van der Waals surface area (Å²) in [5, 5.41) is 11.5. The van der Waals surface area contributed by atoms with Gasteiger partial charge in [0.05, 0.1) is 37.8 Å². The van der Waals surface area contributed by atoms with E-state index in [9.17, 15) is 0 Å². The van der Waals surface area contributed by atoms with Crippen LogP contribution in [0.5, 0.6) is 0 Å². The summed E-state index contributed by atoms with van der Waals surface area (Å²) in [5.41, 5.74) is 10.4. The monoisotopic (exact) mass is 486 g/mol. The van der Waals surface area contributed by atoms with E-state index < -0.39 is 0 Å². The number of hydrogen-bond acceptors (Lipinski definition) is 1. The van der Waals surface area contributed by atoms with Gasteiger partial charge in [-0.05, 0) is 59.0 Å². The topological polar surface area (TPSA) is 8.82 Å². The Kier molecular flexibility index (Phi) is 3.12. The Bertz CT molecular complexity index is 2520. The number of rotatable bonds is 1. The Morgan fingerprint density at radius 2 is 1.00 bits per heavy atom. The van der Waals surface area contributed by atoms with Crippen molar-refractivity contribution in [2.75, 3.05) is 0 Å². The Labute approximate surface area is 214 Å². The van der Waals surface area contributed by atoms with Crippen LogP contribution < -0.4 is 0 Å². The third kappa shape index (κ3) is 2.07. The molecule has 0 radical (unpaired) electrons. The number of para-hydroxylation sites is 3. The van der Waals surface area contributed by atoms with Crippen LogP contribution in [0.25, 0.3) is 86.6 Å². The molecular weight excluding hydrogens is 468 g/mol. The van der Waals surface area contributed by atoms with Gasteiger partial charge in [0.2, 0.25) is 0 Å². The van der Waals surface area contributed by atoms with E-state index >= 15 is 0 Å². The van der Waals surface area contributed by atoms with E-state index in [1.807, 2.05) is 11.3 Å². The van der Waals surface area contributed by atoms with Crippen LogP contribution in [0.2, 0.25) is 0 Å². The zero-order valence-corrected chi connectivity index (χ0v) is 20.5. The predicted octanol–water partition coefficient (Wildman–Crippen LogP) is 9.72. The predicted molar refractivity (Wildman–Crippen MR) is 159 cm³/mol. The van der Waals surface area contributed by atoms with Crippen molar-refractivity contribution in [2.24, 2.45) is 0 Å². The Hall–Kier alpha value is -4.60. The highest BCUT2D eigenvalue weighted by Gasteiger charge is 2.21. The smallest absolute Gasteiger partial charge is 0.0649 e. The van der Waals surface area contributed by atoms with E-state index in [4.69, 9.17) is 0 Å². The fourth-order valence-corrected chi connectivity index (χ4v) is 7.88. The number of hydrogen-bond donors (Lipinski definition) is 0. The SMILES string of the molecule is c1ccc2c(c1)c1cccc3c4cc(-c5cc6c7ccccc7n7c8ccsc8c(c5)c67)ccc4n2c13. The third-order valence-electron chi connectivity index (χ3n) is 8.45. The lowest BCUT2D eigenvalue weighted by molar-refractivity contribution is 1.37. The van der Waals surface area contributed by atoms with Crippen LogP contribution in [0.15, 0.2) is 109 Å². The largest absolute Gasteiger partial charge is 0.308 e. The number of nitrogens with zero attached hydrogens (tertiary/aromatic N) is 2. The zero-order valence-electron chi connectivity index (χ0n) is 19.7. The van der Waals surface area contributed by atoms with Gasteiger partial charge in [-0.25, -0.2) is 0 Å². The molecule has 170 valence electrons. The number of aromatic nitrogens is 2. The second kappa shape index (κ2) is 6.20. The first-order chi connectivity index (χ1) is 18.4. The van der Waals surface area contributed by atoms with Crippen molar-refractivity contribution in [1.29, 1.82) is 0 Å². The van der Waals surface area contributed by atoms with Crippen molar-refractivity contribution in [2.45, 2.75) is 0 Å². The molecule has 0 unspecified atom stereocenters. The standard InChI is InChI=1S/C34H18N2S/c1-3-10-28-21(6-1)23-8-5-9-24-25-16-19(12-13-30(25)35(28)32(23)24)20-17-26-22-7-2-4-11-29(22)36-31-14-15-37-34(31)27(18-20)33(26)36/h1-18H. The third-order valence-corrected chi connectivity index (χ3v) is 9.39. The molecule has 2 nitrogen and oxygen atoms in total. The summed E-state index contributed by atoms with van der Waals surface area (Å²) < 4.78 is 6.28. The molecule has 10 rings (SSSR count). The number of thiophene rings is 1. The highest BCUT2D eigenvalue weighted by atomic mass is 32.1. The van der Waals surface area contributed by atoms with Crippen molar-refractivity contribution < 1.29 is 0 Å². The van der Waals surface area contributed by atoms with Crippen LogP contribution in [0.3, 0.4) is 0 Å². The summed E-state index contributed by atoms with van der Waals surface area (Å²) >= 11 is 1.85. The van der Waals surface area contributed by atoms with Gasteiger partial charge in [-0.3, -0.25) is 0 Å². The Morgan fingerprint density at radius 1 is 0.405 bits per heavy atom. The molecule has 0 aliphatic carbocycles. The van der Waals surface area contributed by atoms with Crippen LogP contribution in [0.4, 0.5) is 0 Å². The average Bonchev–Trinajstić information content (AvgIpc) is 3.74. The quantitative estimate of drug-likeness (QED) is 0.218. The van der Waals surface area contributed by atoms with Crippen molar-refractivity contribution in [1.82, 2.24) is 8.80 Å². The fraction of sp³-hybridized carbons (Fsp3) is 0. The van der Waals surface area contributed by atoms with Crippen LogP contribution in [-0.4, -0.2) is 8.80 Å². The molecule has 5 aromatic carbocycles. The maximum Gasteiger partial charge on any atom is 0.0649 e. The van der Waals surface area contributed by atoms with Crippen molar-refractivity contribution >= 4 is 86.8 Å². The molecule has 0 saturated heterocycles. The van der Waals surface area contributed by atoms with E-state index in [-0.39, 0.29) is 0 Å². The molecule has 10 aromatic rings. The van der Waals surface area contributed by atoms with Gasteiger partial charge in [0.15, 0.2) is 0 Å². The first kappa shape index (κ1) is 18.6. The summed E-state index contributed by atoms with van der Waals surface area (Å²) in [5.74, 6) is 0. The van der Waals surface area contributed by atoms with Crippen molar-refractivity contribution in [3.63, 3.8) is 0 Å². The lowest BCUT2D eigenvalue weighted by Gasteiger charge is -2.06. The molecule has 0 amide bonds. The molecule has 0 fully saturated rings. The van der Waals surface area contributed by atoms with E-state index in [0.29, 0.717) is 0 Å². The lowest BCUT2D eigenvalue weighted by Crippen LogP contribution is -1.82. The second-order valence-electron chi connectivity index (χ2n) is 10.2. The minimum Gasteiger partial charge on any atom is -0.308 e. The van der Waals surface area contributed by atoms with Crippen LogP contribution in [0.1, 0.15) is 0 Å². The molecule has 0 atom stereocenters. The van der Waals surface area contributed by atoms with Gasteiger partial charge in [-0.15, -0.1) is 11.3 Å². The van der Waals surface area contributed by atoms with Gasteiger partial charge in [0, 0.05) is 37.7 Å². The Balaban J connectivity index is 1.34. The summed E-state index contributed by atoms with van der Waals surface area (Å²) in [6.07, 6.45) is 0. The zero-order chi connectivity index (χ0) is 23.8. The second-order valence-corrected chi connectivity index (χ2v) is 11.1. The summed E-state index contributed by atoms with van der Waals surface area (Å²) in [6.45, 7) is 0. The van der Waals surface area contributed by atoms with E-state index in [0.717, 1.165) is 0 Å². The van der Waals surface area contributed by atoms with Gasteiger partial charge in [0.25, 0.3) is 0 Å². The molecule has 5 aromatic heterocycles. The molecule has 0 aliphatic rings. The maximum atomic E-state index is 2.46. The van der Waals surface area contributed by atoms with E-state index in [1.54, 1.807) is 0 Å². The molecule has 0 saturated carbocycles. The minimum absolute atomic E-state index is 1.27. The molecule has 0 bridgehead atoms. The summed E-state index contributed by atoms with van der Waals surface area (Å²) in [4.78, 5) is 0. The van der Waals surface area contributed by atoms with Crippen molar-refractivity contribution in [3.8, 4) is 11.1 Å². The van der Waals surface area contributed by atoms with Crippen LogP contribution in [0, 0.1) is 0 Å². The van der Waals surface area contributed by atoms with Crippen LogP contribution in [-0.2, 0) is 0 Å². The average molecular weight is 487 g/mol. The summed E-state index contributed by atoms with van der Waals surface area (Å²) in [7, 11) is 0. The van der Waals surface area contributed by atoms with E-state index in [2.05, 4.69) is 117 Å². The summed E-state index contributed by atoms with van der Waals surface area (Å²) in [6, 6.07) is 38.4. The van der Waals surface area contributed by atoms with Gasteiger partial charge in [-0.1, -0.05) is 60.7 Å². The molecule has 3 heteroatoms. The minimum atomic E-state index is 1.27. The van der Waals surface area contributed by atoms with Crippen LogP contribution >= 0.6 is 11.3 Å². The maximum absolute atomic E-state index is 2.46. The molecule has 0 spiro atoms. The van der Waals surface area contributed by atoms with Gasteiger partial charge >= 0.3 is 0 Å². The van der Waals surface area contributed by atoms with Gasteiger partial charge in [0.1, 0.15) is 0 Å². The van der Waals surface area contributed by atoms with Crippen molar-refractivity contribution in [3.05, 3.63) is 109 Å². The number of benzene rings is 5. The highest BCUT2D eigenvalue weighted by Crippen LogP contribution is 2.44. The Morgan fingerprint density at radius 3 is 1.84 bits per heavy atom. The first-order valence-corrected chi connectivity index (χ1v) is 13.6. The number of fused-ring (bicyclic) bond motifs is 12. The lowest BCUT2D eigenvalue weighted by atomic mass is 9.98. The molecule has 0 N–H and O–H groups in total. The van der Waals surface area contributed by atoms with E-state index in [1.165, 1.54) is 86.6 Å². The normalized spacial score (nSPS) is 12.9. The fourth-order valence-electron chi connectivity index (χ4n) is 6.98. The van der Waals surface area contributed by atoms with Gasteiger partial charge < -0.3 is 8.80 Å². The molecule has 0 aliphatic heterocycles.